The number of rotatable bonds is 4. The van der Waals surface area contributed by atoms with Crippen LogP contribution in [0.1, 0.15) is 36.8 Å². The van der Waals surface area contributed by atoms with Gasteiger partial charge in [0.05, 0.1) is 11.2 Å². The lowest BCUT2D eigenvalue weighted by Gasteiger charge is -2.40. The second-order valence-corrected chi connectivity index (χ2v) is 7.29. The summed E-state index contributed by atoms with van der Waals surface area (Å²) in [6.07, 6.45) is -0.973. The van der Waals surface area contributed by atoms with Crippen molar-refractivity contribution in [2.24, 2.45) is 0 Å². The highest BCUT2D eigenvalue weighted by Crippen LogP contribution is 2.31. The maximum absolute atomic E-state index is 14.0. The molecule has 1 aromatic rings. The van der Waals surface area contributed by atoms with Crippen molar-refractivity contribution in [2.75, 3.05) is 32.7 Å². The van der Waals surface area contributed by atoms with Crippen LogP contribution in [0.25, 0.3) is 0 Å². The molecule has 2 aliphatic heterocycles. The number of aliphatic hydroxyl groups is 1. The van der Waals surface area contributed by atoms with Crippen LogP contribution in [0, 0.1) is 5.82 Å². The molecule has 0 radical (unpaired) electrons. The van der Waals surface area contributed by atoms with Gasteiger partial charge < -0.3 is 10.0 Å². The molecule has 0 unspecified atom stereocenters. The molecule has 3 nitrogen and oxygen atoms in total. The van der Waals surface area contributed by atoms with Gasteiger partial charge in [-0.05, 0) is 50.9 Å². The minimum Gasteiger partial charge on any atom is -0.388 e. The summed E-state index contributed by atoms with van der Waals surface area (Å²) >= 11 is 0. The molecule has 0 aliphatic carbocycles. The minimum absolute atomic E-state index is 0.262. The van der Waals surface area contributed by atoms with E-state index in [0.717, 1.165) is 19.2 Å². The summed E-state index contributed by atoms with van der Waals surface area (Å²) in [6.45, 7) is 4.24. The molecule has 2 aliphatic rings. The summed E-state index contributed by atoms with van der Waals surface area (Å²) in [7, 11) is 0. The Hall–Kier alpha value is -1.18. The van der Waals surface area contributed by atoms with Crippen molar-refractivity contribution >= 4 is 0 Å². The molecule has 25 heavy (non-hydrogen) atoms. The maximum Gasteiger partial charge on any atom is 0.416 e. The molecule has 0 bridgehead atoms. The molecular formula is C18H24F4N2O. The van der Waals surface area contributed by atoms with E-state index in [0.29, 0.717) is 38.5 Å². The van der Waals surface area contributed by atoms with E-state index in [2.05, 4.69) is 4.90 Å². The van der Waals surface area contributed by atoms with Crippen LogP contribution in [0.5, 0.6) is 0 Å². The number of benzene rings is 1. The lowest BCUT2D eigenvalue weighted by Crippen LogP contribution is -2.50. The van der Waals surface area contributed by atoms with Gasteiger partial charge in [0, 0.05) is 31.7 Å². The Morgan fingerprint density at radius 3 is 2.20 bits per heavy atom. The van der Waals surface area contributed by atoms with Gasteiger partial charge in [0.25, 0.3) is 0 Å². The number of halogens is 4. The third-order valence-corrected chi connectivity index (χ3v) is 5.28. The summed E-state index contributed by atoms with van der Waals surface area (Å²) in [5.41, 5.74) is -1.41. The first-order valence-electron chi connectivity index (χ1n) is 8.78. The first-order valence-corrected chi connectivity index (χ1v) is 8.78. The number of β-amino-alcohol motifs (C(OH)–C–C–N with tert-alkyl or cyclic N) is 1. The molecule has 7 heteroatoms. The quantitative estimate of drug-likeness (QED) is 0.835. The normalized spacial score (nSPS) is 22.4. The van der Waals surface area contributed by atoms with Crippen LogP contribution >= 0.6 is 0 Å². The van der Waals surface area contributed by atoms with E-state index in [-0.39, 0.29) is 12.1 Å². The van der Waals surface area contributed by atoms with Crippen molar-refractivity contribution in [1.82, 2.24) is 9.80 Å². The van der Waals surface area contributed by atoms with E-state index in [1.54, 1.807) is 0 Å². The number of alkyl halides is 3. The summed E-state index contributed by atoms with van der Waals surface area (Å²) in [5, 5.41) is 10.7. The van der Waals surface area contributed by atoms with Crippen LogP contribution in [-0.2, 0) is 12.7 Å². The lowest BCUT2D eigenvalue weighted by molar-refractivity contribution is -0.137. The predicted molar refractivity (Wildman–Crippen MR) is 86.5 cm³/mol. The minimum atomic E-state index is -4.53. The zero-order valence-corrected chi connectivity index (χ0v) is 14.2. The van der Waals surface area contributed by atoms with Crippen LogP contribution in [0.3, 0.4) is 0 Å². The average molecular weight is 360 g/mol. The van der Waals surface area contributed by atoms with Gasteiger partial charge >= 0.3 is 6.18 Å². The fourth-order valence-electron chi connectivity index (χ4n) is 3.74. The fraction of sp³-hybridized carbons (Fsp3) is 0.667. The van der Waals surface area contributed by atoms with Crippen LogP contribution < -0.4 is 0 Å². The predicted octanol–water partition coefficient (Wildman–Crippen LogP) is 3.27. The largest absolute Gasteiger partial charge is 0.416 e. The van der Waals surface area contributed by atoms with Crippen molar-refractivity contribution in [1.29, 1.82) is 0 Å². The van der Waals surface area contributed by atoms with Gasteiger partial charge in [0.2, 0.25) is 0 Å². The van der Waals surface area contributed by atoms with Gasteiger partial charge in [-0.25, -0.2) is 4.39 Å². The molecule has 2 saturated heterocycles. The average Bonchev–Trinajstić information content (AvgIpc) is 3.03. The Kier molecular flexibility index (Phi) is 5.37. The summed E-state index contributed by atoms with van der Waals surface area (Å²) in [5.74, 6) is -0.826. The topological polar surface area (TPSA) is 26.7 Å². The Morgan fingerprint density at radius 1 is 1.00 bits per heavy atom. The number of hydrogen-bond donors (Lipinski definition) is 1. The first-order chi connectivity index (χ1) is 11.8. The Balaban J connectivity index is 1.55. The highest BCUT2D eigenvalue weighted by Gasteiger charge is 2.35. The summed E-state index contributed by atoms with van der Waals surface area (Å²) in [4.78, 5) is 4.27. The van der Waals surface area contributed by atoms with Crippen molar-refractivity contribution in [3.8, 4) is 0 Å². The molecule has 1 N–H and O–H groups in total. The smallest absolute Gasteiger partial charge is 0.388 e. The molecule has 0 spiro atoms. The van der Waals surface area contributed by atoms with Crippen LogP contribution in [0.4, 0.5) is 17.6 Å². The van der Waals surface area contributed by atoms with Gasteiger partial charge in [-0.2, -0.15) is 13.2 Å². The van der Waals surface area contributed by atoms with Gasteiger partial charge in [0.1, 0.15) is 5.82 Å². The van der Waals surface area contributed by atoms with E-state index < -0.39 is 23.2 Å². The molecule has 0 amide bonds. The van der Waals surface area contributed by atoms with E-state index in [1.807, 2.05) is 4.90 Å². The van der Waals surface area contributed by atoms with Gasteiger partial charge in [-0.15, -0.1) is 0 Å². The summed E-state index contributed by atoms with van der Waals surface area (Å²) in [6, 6.07) is 2.69. The molecule has 2 heterocycles. The lowest BCUT2D eigenvalue weighted by atomic mass is 9.90. The molecule has 2 fully saturated rings. The maximum atomic E-state index is 14.0. The Bertz CT molecular complexity index is 591. The third-order valence-electron chi connectivity index (χ3n) is 5.28. The Morgan fingerprint density at radius 2 is 1.64 bits per heavy atom. The third kappa shape index (κ3) is 4.71. The number of likely N-dealkylation sites (tertiary alicyclic amines) is 2. The molecule has 0 atom stereocenters. The van der Waals surface area contributed by atoms with E-state index in [4.69, 9.17) is 0 Å². The summed E-state index contributed by atoms with van der Waals surface area (Å²) < 4.78 is 51.8. The monoisotopic (exact) mass is 360 g/mol. The van der Waals surface area contributed by atoms with Gasteiger partial charge in [0.15, 0.2) is 0 Å². The molecule has 3 rings (SSSR count). The SMILES string of the molecule is OC1(CN2CCCC2)CCN(Cc2ccc(C(F)(F)F)cc2F)CC1. The zero-order chi connectivity index (χ0) is 18.1. The standard InChI is InChI=1S/C18H24F4N2O/c19-16-11-15(18(20,21)22)4-3-14(16)12-23-9-5-17(25,6-10-23)13-24-7-1-2-8-24/h3-4,11,25H,1-2,5-10,12-13H2. The van der Waals surface area contributed by atoms with Crippen molar-refractivity contribution in [3.05, 3.63) is 35.1 Å². The molecule has 1 aromatic carbocycles. The van der Waals surface area contributed by atoms with Crippen LogP contribution in [0.15, 0.2) is 18.2 Å². The zero-order valence-electron chi connectivity index (χ0n) is 14.2. The first kappa shape index (κ1) is 18.6. The number of piperidine rings is 1. The molecule has 0 saturated carbocycles. The fourth-order valence-corrected chi connectivity index (χ4v) is 3.74. The van der Waals surface area contributed by atoms with Crippen molar-refractivity contribution < 1.29 is 22.7 Å². The van der Waals surface area contributed by atoms with Crippen LogP contribution in [0.2, 0.25) is 0 Å². The van der Waals surface area contributed by atoms with Gasteiger partial charge in [-0.1, -0.05) is 6.07 Å². The van der Waals surface area contributed by atoms with Crippen molar-refractivity contribution in [3.63, 3.8) is 0 Å². The highest BCUT2D eigenvalue weighted by molar-refractivity contribution is 5.26. The second kappa shape index (κ2) is 7.21. The van der Waals surface area contributed by atoms with E-state index in [1.165, 1.54) is 18.9 Å². The van der Waals surface area contributed by atoms with Crippen LogP contribution in [-0.4, -0.2) is 53.2 Å². The van der Waals surface area contributed by atoms with E-state index in [9.17, 15) is 22.7 Å². The van der Waals surface area contributed by atoms with Gasteiger partial charge in [-0.3, -0.25) is 4.90 Å². The van der Waals surface area contributed by atoms with Crippen molar-refractivity contribution in [2.45, 2.75) is 44.0 Å². The number of nitrogens with zero attached hydrogens (tertiary/aromatic N) is 2. The number of hydrogen-bond acceptors (Lipinski definition) is 3. The molecular weight excluding hydrogens is 336 g/mol. The Labute approximate surface area is 145 Å². The molecule has 140 valence electrons. The highest BCUT2D eigenvalue weighted by atomic mass is 19.4. The van der Waals surface area contributed by atoms with E-state index >= 15 is 0 Å². The second-order valence-electron chi connectivity index (χ2n) is 7.29. The molecule has 0 aromatic heterocycles.